The summed E-state index contributed by atoms with van der Waals surface area (Å²) in [7, 11) is -1.17. The molecule has 5 heteroatoms. The number of hydrogen-bond acceptors (Lipinski definition) is 4. The molecule has 1 aliphatic rings. The Balaban J connectivity index is 2.53. The third-order valence-corrected chi connectivity index (χ3v) is 4.95. The Morgan fingerprint density at radius 1 is 1.53 bits per heavy atom. The first-order chi connectivity index (χ1) is 6.76. The normalized spacial score (nSPS) is 27.9. The molecule has 1 saturated heterocycles. The molecule has 0 saturated carbocycles. The van der Waals surface area contributed by atoms with Gasteiger partial charge in [0.1, 0.15) is 0 Å². The Morgan fingerprint density at radius 3 is 2.53 bits per heavy atom. The van der Waals surface area contributed by atoms with Crippen LogP contribution in [-0.4, -0.2) is 38.7 Å². The van der Waals surface area contributed by atoms with Crippen molar-refractivity contribution < 1.29 is 13.2 Å². The summed E-state index contributed by atoms with van der Waals surface area (Å²) in [5.74, 6) is 0.636. The summed E-state index contributed by atoms with van der Waals surface area (Å²) in [5, 5.41) is 0. The van der Waals surface area contributed by atoms with Crippen molar-refractivity contribution in [3.8, 4) is 0 Å². The van der Waals surface area contributed by atoms with E-state index in [1.54, 1.807) is 7.11 Å². The SMILES string of the molecule is COC(C)(C)CC(N)C1CCS(=O)(=O)C1. The average Bonchev–Trinajstić information content (AvgIpc) is 2.45. The van der Waals surface area contributed by atoms with Gasteiger partial charge in [-0.3, -0.25) is 0 Å². The van der Waals surface area contributed by atoms with E-state index in [1.807, 2.05) is 13.8 Å². The van der Waals surface area contributed by atoms with Crippen LogP contribution in [0.2, 0.25) is 0 Å². The molecule has 4 nitrogen and oxygen atoms in total. The first-order valence-electron chi connectivity index (χ1n) is 5.27. The molecule has 0 aliphatic carbocycles. The van der Waals surface area contributed by atoms with Gasteiger partial charge in [-0.1, -0.05) is 0 Å². The molecule has 0 bridgehead atoms. The second-order valence-corrected chi connectivity index (χ2v) is 7.22. The third kappa shape index (κ3) is 3.74. The van der Waals surface area contributed by atoms with Gasteiger partial charge in [0, 0.05) is 13.2 Å². The number of sulfone groups is 1. The van der Waals surface area contributed by atoms with E-state index in [2.05, 4.69) is 0 Å². The fourth-order valence-corrected chi connectivity index (χ4v) is 3.87. The molecule has 2 unspecified atom stereocenters. The standard InChI is InChI=1S/C10H21NO3S/c1-10(2,14-3)6-9(11)8-4-5-15(12,13)7-8/h8-9H,4-7,11H2,1-3H3. The molecule has 0 aromatic carbocycles. The van der Waals surface area contributed by atoms with Crippen molar-refractivity contribution in [1.82, 2.24) is 0 Å². The number of methoxy groups -OCH3 is 1. The first kappa shape index (κ1) is 12.9. The molecule has 0 spiro atoms. The highest BCUT2D eigenvalue weighted by molar-refractivity contribution is 7.91. The number of ether oxygens (including phenoxy) is 1. The summed E-state index contributed by atoms with van der Waals surface area (Å²) in [6, 6.07) is -0.0859. The van der Waals surface area contributed by atoms with Gasteiger partial charge in [0.2, 0.25) is 0 Å². The monoisotopic (exact) mass is 235 g/mol. The van der Waals surface area contributed by atoms with Crippen molar-refractivity contribution in [1.29, 1.82) is 0 Å². The van der Waals surface area contributed by atoms with Crippen molar-refractivity contribution in [3.63, 3.8) is 0 Å². The molecule has 1 fully saturated rings. The zero-order chi connectivity index (χ0) is 11.7. The molecule has 2 atom stereocenters. The summed E-state index contributed by atoms with van der Waals surface area (Å²) < 4.78 is 27.9. The quantitative estimate of drug-likeness (QED) is 0.773. The lowest BCUT2D eigenvalue weighted by Crippen LogP contribution is -2.39. The van der Waals surface area contributed by atoms with Gasteiger partial charge in [0.25, 0.3) is 0 Å². The van der Waals surface area contributed by atoms with E-state index >= 15 is 0 Å². The minimum atomic E-state index is -2.82. The van der Waals surface area contributed by atoms with E-state index in [0.29, 0.717) is 18.6 Å². The highest BCUT2D eigenvalue weighted by Gasteiger charge is 2.34. The maximum absolute atomic E-state index is 11.3. The van der Waals surface area contributed by atoms with E-state index in [0.717, 1.165) is 0 Å². The average molecular weight is 235 g/mol. The summed E-state index contributed by atoms with van der Waals surface area (Å²) >= 11 is 0. The molecule has 15 heavy (non-hydrogen) atoms. The van der Waals surface area contributed by atoms with Gasteiger partial charge in [-0.2, -0.15) is 0 Å². The van der Waals surface area contributed by atoms with E-state index < -0.39 is 9.84 Å². The fourth-order valence-electron chi connectivity index (χ4n) is 1.98. The lowest BCUT2D eigenvalue weighted by atomic mass is 9.90. The minimum absolute atomic E-state index is 0.0859. The van der Waals surface area contributed by atoms with E-state index in [1.165, 1.54) is 0 Å². The highest BCUT2D eigenvalue weighted by Crippen LogP contribution is 2.26. The predicted molar refractivity (Wildman–Crippen MR) is 60.4 cm³/mol. The largest absolute Gasteiger partial charge is 0.379 e. The minimum Gasteiger partial charge on any atom is -0.379 e. The molecule has 0 aromatic rings. The van der Waals surface area contributed by atoms with Crippen LogP contribution >= 0.6 is 0 Å². The molecular formula is C10H21NO3S. The van der Waals surface area contributed by atoms with Gasteiger partial charge in [0.05, 0.1) is 17.1 Å². The molecule has 0 radical (unpaired) electrons. The number of rotatable bonds is 4. The molecule has 0 aromatic heterocycles. The number of hydrogen-bond donors (Lipinski definition) is 1. The summed E-state index contributed by atoms with van der Waals surface area (Å²) in [4.78, 5) is 0. The highest BCUT2D eigenvalue weighted by atomic mass is 32.2. The van der Waals surface area contributed by atoms with E-state index in [9.17, 15) is 8.42 Å². The molecular weight excluding hydrogens is 214 g/mol. The molecule has 1 aliphatic heterocycles. The smallest absolute Gasteiger partial charge is 0.150 e. The van der Waals surface area contributed by atoms with Gasteiger partial charge in [-0.05, 0) is 32.6 Å². The second kappa shape index (κ2) is 4.39. The summed E-state index contributed by atoms with van der Waals surface area (Å²) in [6.45, 7) is 3.94. The van der Waals surface area contributed by atoms with Crippen LogP contribution in [0.1, 0.15) is 26.7 Å². The van der Waals surface area contributed by atoms with Crippen molar-refractivity contribution in [3.05, 3.63) is 0 Å². The Labute approximate surface area is 92.1 Å². The zero-order valence-corrected chi connectivity index (χ0v) is 10.5. The van der Waals surface area contributed by atoms with Crippen molar-refractivity contribution in [2.75, 3.05) is 18.6 Å². The first-order valence-corrected chi connectivity index (χ1v) is 7.09. The topological polar surface area (TPSA) is 69.4 Å². The Morgan fingerprint density at radius 2 is 2.13 bits per heavy atom. The zero-order valence-electron chi connectivity index (χ0n) is 9.69. The third-order valence-electron chi connectivity index (χ3n) is 3.15. The van der Waals surface area contributed by atoms with Crippen LogP contribution in [0.15, 0.2) is 0 Å². The maximum Gasteiger partial charge on any atom is 0.150 e. The lowest BCUT2D eigenvalue weighted by molar-refractivity contribution is 0.00636. The van der Waals surface area contributed by atoms with Crippen LogP contribution < -0.4 is 5.73 Å². The van der Waals surface area contributed by atoms with Gasteiger partial charge in [0.15, 0.2) is 9.84 Å². The Hall–Kier alpha value is -0.130. The van der Waals surface area contributed by atoms with Gasteiger partial charge in [-0.15, -0.1) is 0 Å². The van der Waals surface area contributed by atoms with Crippen LogP contribution in [0, 0.1) is 5.92 Å². The second-order valence-electron chi connectivity index (χ2n) is 4.99. The van der Waals surface area contributed by atoms with Gasteiger partial charge >= 0.3 is 0 Å². The van der Waals surface area contributed by atoms with Crippen LogP contribution in [-0.2, 0) is 14.6 Å². The lowest BCUT2D eigenvalue weighted by Gasteiger charge is -2.29. The van der Waals surface area contributed by atoms with Crippen molar-refractivity contribution in [2.45, 2.75) is 38.3 Å². The van der Waals surface area contributed by atoms with Crippen LogP contribution in [0.5, 0.6) is 0 Å². The Kier molecular flexibility index (Phi) is 3.79. The molecule has 2 N–H and O–H groups in total. The van der Waals surface area contributed by atoms with Crippen molar-refractivity contribution >= 4 is 9.84 Å². The van der Waals surface area contributed by atoms with Crippen LogP contribution in [0.3, 0.4) is 0 Å². The fraction of sp³-hybridized carbons (Fsp3) is 1.00. The van der Waals surface area contributed by atoms with Gasteiger partial charge < -0.3 is 10.5 Å². The van der Waals surface area contributed by atoms with Gasteiger partial charge in [-0.25, -0.2) is 8.42 Å². The Bertz CT molecular complexity index is 311. The number of nitrogens with two attached hydrogens (primary N) is 1. The molecule has 90 valence electrons. The van der Waals surface area contributed by atoms with Crippen molar-refractivity contribution in [2.24, 2.45) is 11.7 Å². The van der Waals surface area contributed by atoms with Crippen LogP contribution in [0.4, 0.5) is 0 Å². The predicted octanol–water partition coefficient (Wildman–Crippen LogP) is 0.563. The molecule has 0 amide bonds. The molecule has 1 rings (SSSR count). The summed E-state index contributed by atoms with van der Waals surface area (Å²) in [5.41, 5.74) is 5.75. The maximum atomic E-state index is 11.3. The molecule has 1 heterocycles. The van der Waals surface area contributed by atoms with Crippen LogP contribution in [0.25, 0.3) is 0 Å². The van der Waals surface area contributed by atoms with E-state index in [4.69, 9.17) is 10.5 Å². The summed E-state index contributed by atoms with van der Waals surface area (Å²) in [6.07, 6.45) is 1.40. The van der Waals surface area contributed by atoms with E-state index in [-0.39, 0.29) is 23.3 Å².